The van der Waals surface area contributed by atoms with Crippen molar-refractivity contribution in [3.05, 3.63) is 41.0 Å². The van der Waals surface area contributed by atoms with Crippen LogP contribution in [0.5, 0.6) is 0 Å². The lowest BCUT2D eigenvalue weighted by atomic mass is 9.84. The van der Waals surface area contributed by atoms with E-state index in [0.29, 0.717) is 0 Å². The van der Waals surface area contributed by atoms with Crippen LogP contribution in [0.15, 0.2) is 29.8 Å². The number of hydrogen-bond acceptors (Lipinski definition) is 6. The number of thiazole rings is 1. The van der Waals surface area contributed by atoms with Gasteiger partial charge < -0.3 is 20.6 Å². The summed E-state index contributed by atoms with van der Waals surface area (Å²) in [6.45, 7) is 15.5. The number of hydrogen-bond donors (Lipinski definition) is 3. The highest BCUT2D eigenvalue weighted by Crippen LogP contribution is 2.30. The second-order valence-electron chi connectivity index (χ2n) is 12.6. The number of aryl methyl sites for hydroxylation is 1. The van der Waals surface area contributed by atoms with Gasteiger partial charge in [-0.05, 0) is 35.8 Å². The first-order valence-corrected chi connectivity index (χ1v) is 14.0. The summed E-state index contributed by atoms with van der Waals surface area (Å²) in [6.07, 6.45) is -0.378. The van der Waals surface area contributed by atoms with Crippen molar-refractivity contribution in [1.82, 2.24) is 20.5 Å². The molecule has 0 bridgehead atoms. The maximum atomic E-state index is 13.7. The number of benzene rings is 1. The van der Waals surface area contributed by atoms with Gasteiger partial charge in [0, 0.05) is 19.4 Å². The van der Waals surface area contributed by atoms with Crippen molar-refractivity contribution in [2.45, 2.75) is 92.5 Å². The van der Waals surface area contributed by atoms with E-state index < -0.39 is 23.6 Å². The van der Waals surface area contributed by atoms with E-state index in [4.69, 9.17) is 0 Å². The first-order valence-electron chi connectivity index (χ1n) is 13.2. The quantitative estimate of drug-likeness (QED) is 0.485. The van der Waals surface area contributed by atoms with Crippen LogP contribution in [0.2, 0.25) is 0 Å². The van der Waals surface area contributed by atoms with Crippen LogP contribution in [-0.4, -0.2) is 57.4 Å². The van der Waals surface area contributed by atoms with Crippen LogP contribution in [0.3, 0.4) is 0 Å². The smallest absolute Gasteiger partial charge is 0.246 e. The molecule has 8 nitrogen and oxygen atoms in total. The standard InChI is InChI=1S/C29H42N4O4S/c1-17(19-9-11-20(12-10-19)24-18(2)30-16-38-24)31-26(36)22-13-21(34)15-33(22)27(37)25(29(6,7)8)32-23(35)14-28(3,4)5/h9-12,16-17,21-22,25,34H,13-15H2,1-8H3,(H,31,36)(H,32,35)/t17-,21+,22-,25?/m0/s1. The molecule has 1 unspecified atom stereocenters. The third kappa shape index (κ3) is 7.41. The Kier molecular flexibility index (Phi) is 9.04. The average Bonchev–Trinajstić information content (AvgIpc) is 3.40. The molecule has 2 aromatic rings. The van der Waals surface area contributed by atoms with E-state index >= 15 is 0 Å². The Balaban J connectivity index is 1.72. The monoisotopic (exact) mass is 542 g/mol. The number of amides is 3. The van der Waals surface area contributed by atoms with Crippen molar-refractivity contribution in [1.29, 1.82) is 0 Å². The third-order valence-corrected chi connectivity index (χ3v) is 7.73. The molecule has 3 N–H and O–H groups in total. The number of carbonyl (C=O) groups excluding carboxylic acids is 3. The Morgan fingerprint density at radius 1 is 1.11 bits per heavy atom. The van der Waals surface area contributed by atoms with Crippen molar-refractivity contribution in [3.8, 4) is 10.4 Å². The van der Waals surface area contributed by atoms with Crippen LogP contribution in [0, 0.1) is 17.8 Å². The highest BCUT2D eigenvalue weighted by molar-refractivity contribution is 7.13. The van der Waals surface area contributed by atoms with Gasteiger partial charge in [-0.25, -0.2) is 4.98 Å². The normalized spacial score (nSPS) is 19.7. The predicted octanol–water partition coefficient (Wildman–Crippen LogP) is 4.22. The summed E-state index contributed by atoms with van der Waals surface area (Å²) >= 11 is 1.59. The van der Waals surface area contributed by atoms with Crippen molar-refractivity contribution in [2.24, 2.45) is 10.8 Å². The summed E-state index contributed by atoms with van der Waals surface area (Å²) in [7, 11) is 0. The number of nitrogens with zero attached hydrogens (tertiary/aromatic N) is 2. The van der Waals surface area contributed by atoms with Gasteiger partial charge in [0.25, 0.3) is 0 Å². The summed E-state index contributed by atoms with van der Waals surface area (Å²) in [5, 5.41) is 16.3. The minimum absolute atomic E-state index is 0.0515. The molecule has 1 aliphatic heterocycles. The number of likely N-dealkylation sites (tertiary alicyclic amines) is 1. The molecule has 2 heterocycles. The Hall–Kier alpha value is -2.78. The van der Waals surface area contributed by atoms with Gasteiger partial charge in [-0.2, -0.15) is 0 Å². The largest absolute Gasteiger partial charge is 0.391 e. The van der Waals surface area contributed by atoms with E-state index in [1.165, 1.54) is 4.90 Å². The first kappa shape index (κ1) is 29.8. The minimum atomic E-state index is -0.821. The Bertz CT molecular complexity index is 1150. The topological polar surface area (TPSA) is 112 Å². The molecular weight excluding hydrogens is 500 g/mol. The Labute approximate surface area is 230 Å². The molecule has 4 atom stereocenters. The Morgan fingerprint density at radius 3 is 2.26 bits per heavy atom. The summed E-state index contributed by atoms with van der Waals surface area (Å²) in [6, 6.07) is 6.06. The van der Waals surface area contributed by atoms with Crippen molar-refractivity contribution in [2.75, 3.05) is 6.54 Å². The van der Waals surface area contributed by atoms with Crippen LogP contribution >= 0.6 is 11.3 Å². The fraction of sp³-hybridized carbons (Fsp3) is 0.586. The first-order chi connectivity index (χ1) is 17.6. The number of rotatable bonds is 7. The molecule has 1 aromatic heterocycles. The van der Waals surface area contributed by atoms with Gasteiger partial charge in [-0.1, -0.05) is 65.8 Å². The van der Waals surface area contributed by atoms with E-state index in [1.54, 1.807) is 11.3 Å². The van der Waals surface area contributed by atoms with Gasteiger partial charge in [0.1, 0.15) is 12.1 Å². The zero-order valence-corrected chi connectivity index (χ0v) is 24.6. The maximum absolute atomic E-state index is 13.7. The van der Waals surface area contributed by atoms with E-state index in [9.17, 15) is 19.5 Å². The summed E-state index contributed by atoms with van der Waals surface area (Å²) in [5.41, 5.74) is 4.01. The lowest BCUT2D eigenvalue weighted by Gasteiger charge is -2.36. The SMILES string of the molecule is Cc1ncsc1-c1ccc([C@H](C)NC(=O)[C@@H]2C[C@@H](O)CN2C(=O)C(NC(=O)CC(C)(C)C)C(C)(C)C)cc1. The van der Waals surface area contributed by atoms with Crippen LogP contribution in [0.1, 0.15) is 78.6 Å². The van der Waals surface area contributed by atoms with Gasteiger partial charge in [-0.15, -0.1) is 11.3 Å². The number of β-amino-alcohol motifs (C(OH)–C–C–N with tert-alkyl or cyclic N) is 1. The molecule has 0 radical (unpaired) electrons. The number of nitrogens with one attached hydrogen (secondary N) is 2. The maximum Gasteiger partial charge on any atom is 0.246 e. The molecule has 208 valence electrons. The summed E-state index contributed by atoms with van der Waals surface area (Å²) < 4.78 is 0. The van der Waals surface area contributed by atoms with Gasteiger partial charge in [0.2, 0.25) is 17.7 Å². The molecular formula is C29H42N4O4S. The van der Waals surface area contributed by atoms with Gasteiger partial charge in [0.05, 0.1) is 28.2 Å². The fourth-order valence-electron chi connectivity index (χ4n) is 4.71. The molecule has 0 spiro atoms. The molecule has 9 heteroatoms. The summed E-state index contributed by atoms with van der Waals surface area (Å²) in [4.78, 5) is 46.6. The van der Waals surface area contributed by atoms with Crippen LogP contribution in [-0.2, 0) is 14.4 Å². The zero-order valence-electron chi connectivity index (χ0n) is 23.8. The lowest BCUT2D eigenvalue weighted by Crippen LogP contribution is -2.58. The van der Waals surface area contributed by atoms with Crippen LogP contribution < -0.4 is 10.6 Å². The second kappa shape index (κ2) is 11.5. The second-order valence-corrected chi connectivity index (χ2v) is 13.5. The number of aliphatic hydroxyl groups is 1. The fourth-order valence-corrected chi connectivity index (χ4v) is 5.52. The van der Waals surface area contributed by atoms with Gasteiger partial charge in [-0.3, -0.25) is 14.4 Å². The van der Waals surface area contributed by atoms with E-state index in [2.05, 4.69) is 15.6 Å². The molecule has 1 aromatic carbocycles. The van der Waals surface area contributed by atoms with E-state index in [0.717, 1.165) is 21.7 Å². The highest BCUT2D eigenvalue weighted by Gasteiger charge is 2.44. The highest BCUT2D eigenvalue weighted by atomic mass is 32.1. The molecule has 38 heavy (non-hydrogen) atoms. The molecule has 1 fully saturated rings. The molecule has 3 amide bonds. The Morgan fingerprint density at radius 2 is 1.74 bits per heavy atom. The van der Waals surface area contributed by atoms with E-state index in [-0.39, 0.29) is 48.6 Å². The van der Waals surface area contributed by atoms with Gasteiger partial charge >= 0.3 is 0 Å². The summed E-state index contributed by atoms with van der Waals surface area (Å²) in [5.74, 6) is -0.885. The molecule has 0 saturated carbocycles. The number of aliphatic hydroxyl groups excluding tert-OH is 1. The molecule has 1 saturated heterocycles. The van der Waals surface area contributed by atoms with Gasteiger partial charge in [0.15, 0.2) is 0 Å². The van der Waals surface area contributed by atoms with Crippen molar-refractivity contribution in [3.63, 3.8) is 0 Å². The lowest BCUT2D eigenvalue weighted by molar-refractivity contribution is -0.144. The third-order valence-electron chi connectivity index (χ3n) is 6.75. The average molecular weight is 543 g/mol. The van der Waals surface area contributed by atoms with Crippen LogP contribution in [0.25, 0.3) is 10.4 Å². The number of aromatic nitrogens is 1. The zero-order chi connectivity index (χ0) is 28.4. The predicted molar refractivity (Wildman–Crippen MR) is 150 cm³/mol. The van der Waals surface area contributed by atoms with Crippen LogP contribution in [0.4, 0.5) is 0 Å². The number of carbonyl (C=O) groups is 3. The molecule has 3 rings (SSSR count). The van der Waals surface area contributed by atoms with Crippen molar-refractivity contribution < 1.29 is 19.5 Å². The van der Waals surface area contributed by atoms with E-state index in [1.807, 2.05) is 85.2 Å². The minimum Gasteiger partial charge on any atom is -0.391 e. The van der Waals surface area contributed by atoms with Crippen molar-refractivity contribution >= 4 is 29.1 Å². The molecule has 1 aliphatic rings. The molecule has 0 aliphatic carbocycles.